The summed E-state index contributed by atoms with van der Waals surface area (Å²) in [5, 5.41) is 2.62. The van der Waals surface area contributed by atoms with Crippen molar-refractivity contribution < 1.29 is 4.79 Å². The monoisotopic (exact) mass is 306 g/mol. The Hall–Kier alpha value is -1.69. The van der Waals surface area contributed by atoms with E-state index in [2.05, 4.69) is 11.4 Å². The first kappa shape index (κ1) is 15.7. The van der Waals surface area contributed by atoms with E-state index in [1.807, 2.05) is 11.9 Å². The van der Waals surface area contributed by atoms with Crippen molar-refractivity contribution in [1.82, 2.24) is 10.3 Å². The highest BCUT2D eigenvalue weighted by Crippen LogP contribution is 2.26. The van der Waals surface area contributed by atoms with Gasteiger partial charge in [0.15, 0.2) is 0 Å². The number of nitrogens with zero attached hydrogens (tertiary/aromatic N) is 2. The lowest BCUT2D eigenvalue weighted by Gasteiger charge is -2.24. The van der Waals surface area contributed by atoms with Crippen LogP contribution in [0.2, 0.25) is 0 Å². The fraction of sp³-hybridized carbons (Fsp3) is 0.533. The van der Waals surface area contributed by atoms with Crippen LogP contribution in [-0.4, -0.2) is 36.5 Å². The molecule has 1 aliphatic carbocycles. The third-order valence-electron chi connectivity index (χ3n) is 3.86. The topological polar surface area (TPSA) is 71.2 Å². The van der Waals surface area contributed by atoms with Gasteiger partial charge in [-0.25, -0.2) is 4.98 Å². The lowest BCUT2D eigenvalue weighted by molar-refractivity contribution is -0.120. The van der Waals surface area contributed by atoms with E-state index in [-0.39, 0.29) is 5.91 Å². The minimum Gasteiger partial charge on any atom is -0.389 e. The number of carbonyl (C=O) groups is 1. The van der Waals surface area contributed by atoms with Crippen LogP contribution >= 0.6 is 12.2 Å². The smallest absolute Gasteiger partial charge is 0.221 e. The third kappa shape index (κ3) is 3.69. The van der Waals surface area contributed by atoms with Crippen LogP contribution in [0.25, 0.3) is 0 Å². The Morgan fingerprint density at radius 1 is 1.48 bits per heavy atom. The van der Waals surface area contributed by atoms with E-state index >= 15 is 0 Å². The quantitative estimate of drug-likeness (QED) is 0.799. The first-order valence-corrected chi connectivity index (χ1v) is 7.68. The first-order valence-electron chi connectivity index (χ1n) is 7.27. The van der Waals surface area contributed by atoms with Crippen LogP contribution < -0.4 is 16.0 Å². The van der Waals surface area contributed by atoms with Gasteiger partial charge in [-0.1, -0.05) is 12.2 Å². The zero-order valence-corrected chi connectivity index (χ0v) is 13.4. The number of hydrogen-bond acceptors (Lipinski definition) is 4. The minimum absolute atomic E-state index is 0.0108. The zero-order valence-electron chi connectivity index (χ0n) is 12.6. The number of hydrogen-bond donors (Lipinski definition) is 2. The number of carbonyl (C=O) groups excluding carboxylic acids is 1. The first-order chi connectivity index (χ1) is 10.0. The van der Waals surface area contributed by atoms with Gasteiger partial charge in [-0.15, -0.1) is 0 Å². The molecular formula is C15H22N4OS. The van der Waals surface area contributed by atoms with Crippen molar-refractivity contribution in [2.24, 2.45) is 5.73 Å². The molecule has 0 aromatic carbocycles. The Labute approximate surface area is 130 Å². The van der Waals surface area contributed by atoms with E-state index in [9.17, 15) is 4.79 Å². The molecule has 0 unspecified atom stereocenters. The Morgan fingerprint density at radius 3 is 2.86 bits per heavy atom. The molecule has 0 fully saturated rings. The summed E-state index contributed by atoms with van der Waals surface area (Å²) in [6, 6.07) is 2.08. The van der Waals surface area contributed by atoms with Crippen molar-refractivity contribution in [3.8, 4) is 0 Å². The molecule has 21 heavy (non-hydrogen) atoms. The molecule has 5 nitrogen and oxygen atoms in total. The van der Waals surface area contributed by atoms with Crippen molar-refractivity contribution in [2.75, 3.05) is 25.5 Å². The standard InChI is InChI=1S/C15H22N4OS/c1-17-13(20)7-8-19(2)15-11(14(16)21)9-10-5-3-4-6-12(10)18-15/h9H,3-8H2,1-2H3,(H2,16,21)(H,17,20). The molecule has 6 heteroatoms. The van der Waals surface area contributed by atoms with E-state index in [1.165, 1.54) is 18.4 Å². The number of fused-ring (bicyclic) bond motifs is 1. The van der Waals surface area contributed by atoms with E-state index in [0.717, 1.165) is 29.9 Å². The van der Waals surface area contributed by atoms with Crippen LogP contribution in [0.4, 0.5) is 5.82 Å². The second-order valence-corrected chi connectivity index (χ2v) is 5.82. The summed E-state index contributed by atoms with van der Waals surface area (Å²) < 4.78 is 0. The summed E-state index contributed by atoms with van der Waals surface area (Å²) in [4.78, 5) is 18.5. The number of pyridine rings is 1. The van der Waals surface area contributed by atoms with E-state index in [0.29, 0.717) is 18.0 Å². The molecule has 1 aromatic rings. The third-order valence-corrected chi connectivity index (χ3v) is 4.08. The number of anilines is 1. The van der Waals surface area contributed by atoms with Crippen LogP contribution in [0.3, 0.4) is 0 Å². The highest BCUT2D eigenvalue weighted by molar-refractivity contribution is 7.80. The van der Waals surface area contributed by atoms with Crippen LogP contribution in [0.5, 0.6) is 0 Å². The normalized spacial score (nSPS) is 13.4. The fourth-order valence-electron chi connectivity index (χ4n) is 2.60. The molecule has 1 heterocycles. The Bertz CT molecular complexity index is 559. The second-order valence-electron chi connectivity index (χ2n) is 5.38. The van der Waals surface area contributed by atoms with Gasteiger partial charge < -0.3 is 16.0 Å². The lowest BCUT2D eigenvalue weighted by Crippen LogP contribution is -2.29. The van der Waals surface area contributed by atoms with Crippen LogP contribution in [-0.2, 0) is 17.6 Å². The average Bonchev–Trinajstić information content (AvgIpc) is 2.50. The summed E-state index contributed by atoms with van der Waals surface area (Å²) in [6.07, 6.45) is 4.83. The lowest BCUT2D eigenvalue weighted by atomic mass is 9.94. The van der Waals surface area contributed by atoms with Gasteiger partial charge in [-0.05, 0) is 37.3 Å². The average molecular weight is 306 g/mol. The number of rotatable bonds is 5. The molecule has 0 atom stereocenters. The van der Waals surface area contributed by atoms with Crippen molar-refractivity contribution >= 4 is 28.9 Å². The number of nitrogens with two attached hydrogens (primary N) is 1. The van der Waals surface area contributed by atoms with Crippen LogP contribution in [0.1, 0.15) is 36.1 Å². The zero-order chi connectivity index (χ0) is 15.4. The van der Waals surface area contributed by atoms with Crippen molar-refractivity contribution in [3.05, 3.63) is 22.9 Å². The maximum Gasteiger partial charge on any atom is 0.221 e. The summed E-state index contributed by atoms with van der Waals surface area (Å²) >= 11 is 5.16. The Balaban J connectivity index is 2.27. The molecule has 0 aliphatic heterocycles. The van der Waals surface area contributed by atoms with Crippen LogP contribution in [0, 0.1) is 0 Å². The fourth-order valence-corrected chi connectivity index (χ4v) is 2.75. The number of aryl methyl sites for hydroxylation is 2. The molecule has 0 saturated heterocycles. The molecular weight excluding hydrogens is 284 g/mol. The second kappa shape index (κ2) is 6.85. The summed E-state index contributed by atoms with van der Waals surface area (Å²) in [5.41, 5.74) is 9.06. The molecule has 0 saturated carbocycles. The SMILES string of the molecule is CNC(=O)CCN(C)c1nc2c(cc1C(N)=S)CCCC2. The largest absolute Gasteiger partial charge is 0.389 e. The van der Waals surface area contributed by atoms with Crippen molar-refractivity contribution in [3.63, 3.8) is 0 Å². The van der Waals surface area contributed by atoms with Gasteiger partial charge in [0.25, 0.3) is 0 Å². The van der Waals surface area contributed by atoms with E-state index in [1.54, 1.807) is 7.05 Å². The van der Waals surface area contributed by atoms with E-state index < -0.39 is 0 Å². The number of nitrogens with one attached hydrogen (secondary N) is 1. The van der Waals surface area contributed by atoms with Gasteiger partial charge in [0.05, 0.1) is 5.56 Å². The highest BCUT2D eigenvalue weighted by Gasteiger charge is 2.19. The number of aromatic nitrogens is 1. The van der Waals surface area contributed by atoms with Gasteiger partial charge in [0, 0.05) is 32.8 Å². The molecule has 3 N–H and O–H groups in total. The molecule has 2 rings (SSSR count). The molecule has 1 aliphatic rings. The molecule has 0 radical (unpaired) electrons. The highest BCUT2D eigenvalue weighted by atomic mass is 32.1. The Morgan fingerprint density at radius 2 is 2.19 bits per heavy atom. The summed E-state index contributed by atoms with van der Waals surface area (Å²) in [5.74, 6) is 0.795. The van der Waals surface area contributed by atoms with E-state index in [4.69, 9.17) is 22.9 Å². The van der Waals surface area contributed by atoms with Gasteiger partial charge in [-0.3, -0.25) is 4.79 Å². The number of thiocarbonyl (C=S) groups is 1. The molecule has 0 bridgehead atoms. The molecule has 0 spiro atoms. The Kier molecular flexibility index (Phi) is 5.12. The van der Waals surface area contributed by atoms with Gasteiger partial charge in [-0.2, -0.15) is 0 Å². The number of amides is 1. The summed E-state index contributed by atoms with van der Waals surface area (Å²) in [7, 11) is 3.56. The van der Waals surface area contributed by atoms with Crippen molar-refractivity contribution in [1.29, 1.82) is 0 Å². The van der Waals surface area contributed by atoms with Gasteiger partial charge in [0.1, 0.15) is 10.8 Å². The van der Waals surface area contributed by atoms with Gasteiger partial charge in [0.2, 0.25) is 5.91 Å². The molecule has 114 valence electrons. The summed E-state index contributed by atoms with van der Waals surface area (Å²) in [6.45, 7) is 0.584. The minimum atomic E-state index is 0.0108. The van der Waals surface area contributed by atoms with Crippen LogP contribution in [0.15, 0.2) is 6.07 Å². The van der Waals surface area contributed by atoms with Crippen molar-refractivity contribution in [2.45, 2.75) is 32.1 Å². The molecule has 1 aromatic heterocycles. The molecule has 1 amide bonds. The predicted molar refractivity (Wildman–Crippen MR) is 88.7 cm³/mol. The maximum absolute atomic E-state index is 11.4. The maximum atomic E-state index is 11.4. The predicted octanol–water partition coefficient (Wildman–Crippen LogP) is 1.17. The van der Waals surface area contributed by atoms with Gasteiger partial charge >= 0.3 is 0 Å².